The van der Waals surface area contributed by atoms with Crippen LogP contribution in [-0.4, -0.2) is 16.1 Å². The average Bonchev–Trinajstić information content (AvgIpc) is 2.37. The summed E-state index contributed by atoms with van der Waals surface area (Å²) in [7, 11) is 0. The van der Waals surface area contributed by atoms with Crippen LogP contribution in [0, 0.1) is 3.57 Å². The summed E-state index contributed by atoms with van der Waals surface area (Å²) in [4.78, 5) is 14.8. The molecule has 0 atom stereocenters. The molecular formula is C13H10INO3. The monoisotopic (exact) mass is 355 g/mol. The molecule has 4 nitrogen and oxygen atoms in total. The third kappa shape index (κ3) is 3.19. The second-order valence-corrected chi connectivity index (χ2v) is 4.76. The first kappa shape index (κ1) is 12.8. The number of rotatable bonds is 4. The van der Waals surface area contributed by atoms with Crippen molar-refractivity contribution in [2.75, 3.05) is 0 Å². The van der Waals surface area contributed by atoms with Gasteiger partial charge in [-0.25, -0.2) is 4.79 Å². The maximum atomic E-state index is 10.9. The molecule has 2 rings (SSSR count). The second-order valence-electron chi connectivity index (χ2n) is 3.60. The summed E-state index contributed by atoms with van der Waals surface area (Å²) in [6, 6.07) is 8.77. The lowest BCUT2D eigenvalue weighted by molar-refractivity contribution is 0.0695. The molecule has 18 heavy (non-hydrogen) atoms. The Morgan fingerprint density at radius 3 is 2.83 bits per heavy atom. The van der Waals surface area contributed by atoms with Crippen molar-refractivity contribution < 1.29 is 14.6 Å². The summed E-state index contributed by atoms with van der Waals surface area (Å²) in [6.45, 7) is 0.390. The predicted molar refractivity (Wildman–Crippen MR) is 74.7 cm³/mol. The number of aromatic carboxylic acids is 1. The van der Waals surface area contributed by atoms with Gasteiger partial charge in [0.25, 0.3) is 0 Å². The average molecular weight is 355 g/mol. The molecular weight excluding hydrogens is 345 g/mol. The standard InChI is InChI=1S/C13H10INO3/c14-12-6-9(3-4-11(12)13(16)17)8-18-10-2-1-5-15-7-10/h1-7H,8H2,(H,16,17). The van der Waals surface area contributed by atoms with Crippen LogP contribution in [0.15, 0.2) is 42.7 Å². The molecule has 0 radical (unpaired) electrons. The molecule has 1 heterocycles. The summed E-state index contributed by atoms with van der Waals surface area (Å²) in [5.74, 6) is -0.228. The number of hydrogen-bond acceptors (Lipinski definition) is 3. The highest BCUT2D eigenvalue weighted by atomic mass is 127. The lowest BCUT2D eigenvalue weighted by Crippen LogP contribution is -2.02. The first-order valence-corrected chi connectivity index (χ1v) is 6.29. The lowest BCUT2D eigenvalue weighted by atomic mass is 10.1. The molecule has 0 fully saturated rings. The SMILES string of the molecule is O=C(O)c1ccc(COc2cccnc2)cc1I. The summed E-state index contributed by atoms with van der Waals surface area (Å²) in [5, 5.41) is 8.92. The summed E-state index contributed by atoms with van der Waals surface area (Å²) >= 11 is 2.01. The van der Waals surface area contributed by atoms with Gasteiger partial charge in [0.2, 0.25) is 0 Å². The van der Waals surface area contributed by atoms with Crippen molar-refractivity contribution in [2.45, 2.75) is 6.61 Å². The second kappa shape index (κ2) is 5.81. The highest BCUT2D eigenvalue weighted by molar-refractivity contribution is 14.1. The number of ether oxygens (including phenoxy) is 1. The Kier molecular flexibility index (Phi) is 4.14. The van der Waals surface area contributed by atoms with Gasteiger partial charge in [-0.3, -0.25) is 4.98 Å². The summed E-state index contributed by atoms with van der Waals surface area (Å²) < 4.78 is 6.24. The van der Waals surface area contributed by atoms with Gasteiger partial charge in [0.05, 0.1) is 11.8 Å². The van der Waals surface area contributed by atoms with Crippen molar-refractivity contribution in [3.63, 3.8) is 0 Å². The van der Waals surface area contributed by atoms with E-state index in [1.807, 2.05) is 28.7 Å². The highest BCUT2D eigenvalue weighted by Gasteiger charge is 2.08. The zero-order valence-corrected chi connectivity index (χ0v) is 11.5. The normalized spacial score (nSPS) is 10.1. The van der Waals surface area contributed by atoms with E-state index in [1.54, 1.807) is 36.7 Å². The Balaban J connectivity index is 2.07. The molecule has 1 aromatic heterocycles. The van der Waals surface area contributed by atoms with Crippen LogP contribution < -0.4 is 4.74 Å². The topological polar surface area (TPSA) is 59.4 Å². The minimum Gasteiger partial charge on any atom is -0.487 e. The van der Waals surface area contributed by atoms with Crippen LogP contribution in [0.2, 0.25) is 0 Å². The van der Waals surface area contributed by atoms with E-state index in [4.69, 9.17) is 9.84 Å². The number of carbonyl (C=O) groups is 1. The first-order valence-electron chi connectivity index (χ1n) is 5.21. The molecule has 5 heteroatoms. The van der Waals surface area contributed by atoms with Gasteiger partial charge >= 0.3 is 5.97 Å². The smallest absolute Gasteiger partial charge is 0.336 e. The number of benzene rings is 1. The molecule has 0 spiro atoms. The summed E-state index contributed by atoms with van der Waals surface area (Å²) in [5.41, 5.74) is 1.23. The van der Waals surface area contributed by atoms with Crippen LogP contribution in [0.1, 0.15) is 15.9 Å². The maximum absolute atomic E-state index is 10.9. The van der Waals surface area contributed by atoms with Crippen LogP contribution in [0.4, 0.5) is 0 Å². The van der Waals surface area contributed by atoms with E-state index >= 15 is 0 Å². The predicted octanol–water partition coefficient (Wildman–Crippen LogP) is 2.96. The summed E-state index contributed by atoms with van der Waals surface area (Å²) in [6.07, 6.45) is 3.31. The van der Waals surface area contributed by atoms with Gasteiger partial charge in [0, 0.05) is 9.77 Å². The van der Waals surface area contributed by atoms with Gasteiger partial charge in [-0.2, -0.15) is 0 Å². The van der Waals surface area contributed by atoms with Crippen molar-refractivity contribution in [2.24, 2.45) is 0 Å². The number of pyridine rings is 1. The van der Waals surface area contributed by atoms with Crippen molar-refractivity contribution in [1.82, 2.24) is 4.98 Å². The number of halogens is 1. The largest absolute Gasteiger partial charge is 0.487 e. The van der Waals surface area contributed by atoms with Crippen LogP contribution in [0.25, 0.3) is 0 Å². The van der Waals surface area contributed by atoms with Crippen molar-refractivity contribution in [1.29, 1.82) is 0 Å². The molecule has 0 bridgehead atoms. The third-order valence-corrected chi connectivity index (χ3v) is 3.20. The minimum absolute atomic E-state index is 0.306. The van der Waals surface area contributed by atoms with Gasteiger partial charge in [-0.05, 0) is 52.4 Å². The van der Waals surface area contributed by atoms with Gasteiger partial charge < -0.3 is 9.84 Å². The molecule has 0 aliphatic carbocycles. The van der Waals surface area contributed by atoms with E-state index in [0.29, 0.717) is 21.5 Å². The molecule has 0 aliphatic rings. The lowest BCUT2D eigenvalue weighted by Gasteiger charge is -2.07. The molecule has 0 aliphatic heterocycles. The van der Waals surface area contributed by atoms with Gasteiger partial charge in [0.1, 0.15) is 12.4 Å². The molecule has 92 valence electrons. The molecule has 0 amide bonds. The molecule has 0 unspecified atom stereocenters. The van der Waals surface area contributed by atoms with Gasteiger partial charge in [-0.15, -0.1) is 0 Å². The fraction of sp³-hybridized carbons (Fsp3) is 0.0769. The van der Waals surface area contributed by atoms with Gasteiger partial charge in [0.15, 0.2) is 0 Å². The Morgan fingerprint density at radius 1 is 1.39 bits per heavy atom. The molecule has 1 aromatic carbocycles. The number of carboxylic acids is 1. The van der Waals surface area contributed by atoms with Crippen molar-refractivity contribution in [3.05, 3.63) is 57.4 Å². The minimum atomic E-state index is -0.917. The van der Waals surface area contributed by atoms with E-state index < -0.39 is 5.97 Å². The van der Waals surface area contributed by atoms with E-state index in [0.717, 1.165) is 5.56 Å². The van der Waals surface area contributed by atoms with Crippen LogP contribution in [0.3, 0.4) is 0 Å². The Labute approximate surface area is 118 Å². The third-order valence-electron chi connectivity index (χ3n) is 2.30. The number of hydrogen-bond donors (Lipinski definition) is 1. The quantitative estimate of drug-likeness (QED) is 0.857. The van der Waals surface area contributed by atoms with Crippen LogP contribution in [-0.2, 0) is 6.61 Å². The molecule has 1 N–H and O–H groups in total. The Bertz CT molecular complexity index is 557. The fourth-order valence-corrected chi connectivity index (χ4v) is 2.23. The molecule has 2 aromatic rings. The zero-order chi connectivity index (χ0) is 13.0. The van der Waals surface area contributed by atoms with E-state index in [1.165, 1.54) is 0 Å². The number of aromatic nitrogens is 1. The Morgan fingerprint density at radius 2 is 2.22 bits per heavy atom. The maximum Gasteiger partial charge on any atom is 0.336 e. The number of carboxylic acid groups (broad SMARTS) is 1. The Hall–Kier alpha value is -1.63. The van der Waals surface area contributed by atoms with Gasteiger partial charge in [-0.1, -0.05) is 6.07 Å². The number of nitrogens with zero attached hydrogens (tertiary/aromatic N) is 1. The van der Waals surface area contributed by atoms with E-state index in [9.17, 15) is 4.79 Å². The van der Waals surface area contributed by atoms with E-state index in [2.05, 4.69) is 4.98 Å². The highest BCUT2D eigenvalue weighted by Crippen LogP contribution is 2.16. The zero-order valence-electron chi connectivity index (χ0n) is 9.34. The fourth-order valence-electron chi connectivity index (χ4n) is 1.42. The van der Waals surface area contributed by atoms with E-state index in [-0.39, 0.29) is 0 Å². The van der Waals surface area contributed by atoms with Crippen LogP contribution in [0.5, 0.6) is 5.75 Å². The molecule has 0 saturated heterocycles. The van der Waals surface area contributed by atoms with Crippen LogP contribution >= 0.6 is 22.6 Å². The first-order chi connectivity index (χ1) is 8.66. The van der Waals surface area contributed by atoms with Crippen molar-refractivity contribution in [3.8, 4) is 5.75 Å². The van der Waals surface area contributed by atoms with Crippen molar-refractivity contribution >= 4 is 28.6 Å². The molecule has 0 saturated carbocycles.